The largest absolute Gasteiger partial charge is 0.505 e. The van der Waals surface area contributed by atoms with Gasteiger partial charge in [0.05, 0.1) is 21.4 Å². The summed E-state index contributed by atoms with van der Waals surface area (Å²) in [6.45, 7) is 1.72. The molecule has 18 heavy (non-hydrogen) atoms. The number of rotatable bonds is 1. The predicted molar refractivity (Wildman–Crippen MR) is 73.1 cm³/mol. The van der Waals surface area contributed by atoms with Gasteiger partial charge in [0.1, 0.15) is 0 Å². The number of phenolic OH excluding ortho intramolecular Hbond substituents is 1. The summed E-state index contributed by atoms with van der Waals surface area (Å²) in [4.78, 5) is 15.5. The molecule has 0 fully saturated rings. The number of benzene rings is 1. The zero-order chi connectivity index (χ0) is 13.3. The fourth-order valence-electron chi connectivity index (χ4n) is 1.47. The highest BCUT2D eigenvalue weighted by molar-refractivity contribution is 6.37. The smallest absolute Gasteiger partial charge is 0.181 e. The summed E-state index contributed by atoms with van der Waals surface area (Å²) in [5.41, 5.74) is 1.76. The first kappa shape index (κ1) is 12.9. The van der Waals surface area contributed by atoms with E-state index in [2.05, 4.69) is 4.99 Å². The zero-order valence-electron chi connectivity index (χ0n) is 9.45. The van der Waals surface area contributed by atoms with Crippen molar-refractivity contribution in [3.63, 3.8) is 0 Å². The van der Waals surface area contributed by atoms with Gasteiger partial charge in [-0.3, -0.25) is 4.79 Å². The Balaban J connectivity index is 2.41. The van der Waals surface area contributed by atoms with Gasteiger partial charge in [-0.1, -0.05) is 23.2 Å². The lowest BCUT2D eigenvalue weighted by atomic mass is 10.1. The summed E-state index contributed by atoms with van der Waals surface area (Å²) in [7, 11) is 0. The van der Waals surface area contributed by atoms with Crippen molar-refractivity contribution in [2.75, 3.05) is 0 Å². The van der Waals surface area contributed by atoms with Crippen LogP contribution in [0.5, 0.6) is 5.75 Å². The van der Waals surface area contributed by atoms with E-state index in [1.165, 1.54) is 18.2 Å². The van der Waals surface area contributed by atoms with Gasteiger partial charge in [0.25, 0.3) is 0 Å². The van der Waals surface area contributed by atoms with Gasteiger partial charge >= 0.3 is 0 Å². The molecular weight excluding hydrogens is 273 g/mol. The first-order valence-electron chi connectivity index (χ1n) is 5.15. The van der Waals surface area contributed by atoms with E-state index in [4.69, 9.17) is 23.2 Å². The van der Waals surface area contributed by atoms with E-state index < -0.39 is 0 Å². The molecule has 2 rings (SSSR count). The molecule has 0 unspecified atom stereocenters. The maximum atomic E-state index is 11.3. The van der Waals surface area contributed by atoms with Gasteiger partial charge in [-0.25, -0.2) is 4.99 Å². The molecule has 3 nitrogen and oxygen atoms in total. The molecule has 5 heteroatoms. The Morgan fingerprint density at radius 2 is 1.78 bits per heavy atom. The molecule has 1 N–H and O–H groups in total. The lowest BCUT2D eigenvalue weighted by Gasteiger charge is -2.05. The van der Waals surface area contributed by atoms with Gasteiger partial charge < -0.3 is 5.11 Å². The third-order valence-corrected chi connectivity index (χ3v) is 2.99. The number of allylic oxidation sites excluding steroid dienone is 4. The predicted octanol–water partition coefficient (Wildman–Crippen LogP) is 3.86. The minimum absolute atomic E-state index is 0.0317. The van der Waals surface area contributed by atoms with Crippen LogP contribution in [0.3, 0.4) is 0 Å². The molecule has 0 aromatic heterocycles. The van der Waals surface area contributed by atoms with Crippen LogP contribution in [0.1, 0.15) is 6.92 Å². The molecule has 1 aromatic carbocycles. The van der Waals surface area contributed by atoms with Gasteiger partial charge in [0, 0.05) is 0 Å². The summed E-state index contributed by atoms with van der Waals surface area (Å²) in [6.07, 6.45) is 4.75. The standard InChI is InChI=1S/C13H9Cl2NO2/c1-7-4-8(2-3-12(7)17)16-9-5-10(14)13(18)11(15)6-9/h2-6,18H,1H3. The highest BCUT2D eigenvalue weighted by atomic mass is 35.5. The van der Waals surface area contributed by atoms with Crippen LogP contribution >= 0.6 is 23.2 Å². The second kappa shape index (κ2) is 4.96. The Bertz CT molecular complexity index is 592. The van der Waals surface area contributed by atoms with E-state index in [9.17, 15) is 9.90 Å². The van der Waals surface area contributed by atoms with Crippen LogP contribution in [-0.2, 0) is 4.79 Å². The first-order valence-corrected chi connectivity index (χ1v) is 5.90. The van der Waals surface area contributed by atoms with E-state index in [1.54, 1.807) is 19.1 Å². The van der Waals surface area contributed by atoms with Crippen molar-refractivity contribution >= 4 is 40.4 Å². The van der Waals surface area contributed by atoms with Crippen LogP contribution in [-0.4, -0.2) is 16.6 Å². The Hall–Kier alpha value is -1.58. The molecule has 1 aliphatic rings. The molecule has 0 aliphatic heterocycles. The second-order valence-corrected chi connectivity index (χ2v) is 4.63. The Morgan fingerprint density at radius 3 is 2.33 bits per heavy atom. The average molecular weight is 282 g/mol. The van der Waals surface area contributed by atoms with Crippen molar-refractivity contribution < 1.29 is 9.90 Å². The molecule has 0 amide bonds. The normalized spacial score (nSPS) is 17.2. The molecule has 1 aliphatic carbocycles. The number of carbonyl (C=O) groups excluding carboxylic acids is 1. The third kappa shape index (κ3) is 2.63. The number of hydrogen-bond donors (Lipinski definition) is 1. The monoisotopic (exact) mass is 281 g/mol. The zero-order valence-corrected chi connectivity index (χ0v) is 11.0. The van der Waals surface area contributed by atoms with Gasteiger partial charge in [0.15, 0.2) is 11.5 Å². The fourth-order valence-corrected chi connectivity index (χ4v) is 1.94. The number of halogens is 2. The van der Waals surface area contributed by atoms with Gasteiger partial charge in [-0.15, -0.1) is 0 Å². The molecule has 0 heterocycles. The number of carbonyl (C=O) groups is 1. The summed E-state index contributed by atoms with van der Waals surface area (Å²) in [6, 6.07) is 3.01. The van der Waals surface area contributed by atoms with E-state index in [1.807, 2.05) is 0 Å². The summed E-state index contributed by atoms with van der Waals surface area (Å²) < 4.78 is 0. The Labute approximate surface area is 114 Å². The van der Waals surface area contributed by atoms with Crippen LogP contribution in [0.15, 0.2) is 40.9 Å². The molecular formula is C13H9Cl2NO2. The van der Waals surface area contributed by atoms with Crippen LogP contribution < -0.4 is 0 Å². The Kier molecular flexibility index (Phi) is 3.55. The van der Waals surface area contributed by atoms with Gasteiger partial charge in [-0.05, 0) is 42.9 Å². The van der Waals surface area contributed by atoms with E-state index >= 15 is 0 Å². The SMILES string of the molecule is CC1=CC(=Nc2cc(Cl)c(O)c(Cl)c2)C=CC1=O. The number of aliphatic imine (C=N–C) groups is 1. The van der Waals surface area contributed by atoms with Crippen molar-refractivity contribution in [3.8, 4) is 5.75 Å². The van der Waals surface area contributed by atoms with Crippen molar-refractivity contribution in [2.45, 2.75) is 6.92 Å². The van der Waals surface area contributed by atoms with Crippen LogP contribution in [0, 0.1) is 0 Å². The maximum absolute atomic E-state index is 11.3. The number of ketones is 1. The lowest BCUT2D eigenvalue weighted by molar-refractivity contribution is -0.111. The minimum Gasteiger partial charge on any atom is -0.505 e. The molecule has 0 spiro atoms. The summed E-state index contributed by atoms with van der Waals surface area (Å²) in [5.74, 6) is -0.195. The molecule has 92 valence electrons. The lowest BCUT2D eigenvalue weighted by Crippen LogP contribution is -2.04. The third-order valence-electron chi connectivity index (χ3n) is 2.42. The number of aromatic hydroxyl groups is 1. The minimum atomic E-state index is -0.164. The van der Waals surface area contributed by atoms with Gasteiger partial charge in [-0.2, -0.15) is 0 Å². The molecule has 1 aromatic rings. The van der Waals surface area contributed by atoms with Crippen molar-refractivity contribution in [1.82, 2.24) is 0 Å². The summed E-state index contributed by atoms with van der Waals surface area (Å²) in [5, 5.41) is 9.71. The number of hydrogen-bond acceptors (Lipinski definition) is 3. The molecule has 0 saturated heterocycles. The van der Waals surface area contributed by atoms with Crippen molar-refractivity contribution in [3.05, 3.63) is 46.0 Å². The number of phenols is 1. The van der Waals surface area contributed by atoms with E-state index in [-0.39, 0.29) is 21.6 Å². The van der Waals surface area contributed by atoms with Crippen molar-refractivity contribution in [1.29, 1.82) is 0 Å². The average Bonchev–Trinajstić information content (AvgIpc) is 2.31. The van der Waals surface area contributed by atoms with Crippen molar-refractivity contribution in [2.24, 2.45) is 4.99 Å². The summed E-state index contributed by atoms with van der Waals surface area (Å²) >= 11 is 11.6. The van der Waals surface area contributed by atoms with Crippen LogP contribution in [0.25, 0.3) is 0 Å². The quantitative estimate of drug-likeness (QED) is 0.795. The van der Waals surface area contributed by atoms with Crippen LogP contribution in [0.2, 0.25) is 10.0 Å². The topological polar surface area (TPSA) is 49.7 Å². The highest BCUT2D eigenvalue weighted by Crippen LogP contribution is 2.35. The molecule has 0 radical (unpaired) electrons. The maximum Gasteiger partial charge on any atom is 0.181 e. The molecule has 0 bridgehead atoms. The first-order chi connectivity index (χ1) is 8.47. The number of nitrogens with zero attached hydrogens (tertiary/aromatic N) is 1. The van der Waals surface area contributed by atoms with E-state index in [0.717, 1.165) is 0 Å². The van der Waals surface area contributed by atoms with Crippen LogP contribution in [0.4, 0.5) is 5.69 Å². The molecule has 0 saturated carbocycles. The highest BCUT2D eigenvalue weighted by Gasteiger charge is 2.09. The second-order valence-electron chi connectivity index (χ2n) is 3.82. The Morgan fingerprint density at radius 1 is 1.17 bits per heavy atom. The van der Waals surface area contributed by atoms with E-state index in [0.29, 0.717) is 17.0 Å². The molecule has 0 atom stereocenters. The fraction of sp³-hybridized carbons (Fsp3) is 0.0769. The van der Waals surface area contributed by atoms with Gasteiger partial charge in [0.2, 0.25) is 0 Å².